The van der Waals surface area contributed by atoms with Gasteiger partial charge in [0.25, 0.3) is 0 Å². The number of aromatic nitrogens is 5. The Labute approximate surface area is 202 Å². The smallest absolute Gasteiger partial charge is 0.445 e. The van der Waals surface area contributed by atoms with E-state index >= 15 is 0 Å². The van der Waals surface area contributed by atoms with Gasteiger partial charge in [0.05, 0.1) is 33.4 Å². The number of hydrogen-bond donors (Lipinski definition) is 1. The van der Waals surface area contributed by atoms with Crippen molar-refractivity contribution in [2.45, 2.75) is 45.5 Å². The lowest BCUT2D eigenvalue weighted by Gasteiger charge is -2.23. The van der Waals surface area contributed by atoms with Crippen LogP contribution in [0.1, 0.15) is 39.5 Å². The highest BCUT2D eigenvalue weighted by molar-refractivity contribution is 6.35. The number of nitrogens with two attached hydrogens (primary N) is 1. The minimum absolute atomic E-state index is 0.116. The minimum atomic E-state index is -5.20. The molecule has 9 nitrogen and oxygen atoms in total. The highest BCUT2D eigenvalue weighted by atomic mass is 35.5. The van der Waals surface area contributed by atoms with Gasteiger partial charge in [-0.2, -0.15) is 18.3 Å². The quantitative estimate of drug-likeness (QED) is 0.360. The normalized spacial score (nSPS) is 12.5. The molecule has 0 bridgehead atoms. The van der Waals surface area contributed by atoms with Crippen LogP contribution < -0.4 is 5.73 Å². The van der Waals surface area contributed by atoms with Gasteiger partial charge in [-0.3, -0.25) is 9.67 Å². The van der Waals surface area contributed by atoms with Crippen LogP contribution in [0, 0.1) is 0 Å². The molecule has 0 radical (unpaired) electrons. The number of carbonyl (C=O) groups is 1. The first kappa shape index (κ1) is 24.5. The van der Waals surface area contributed by atoms with Gasteiger partial charge in [0.2, 0.25) is 0 Å². The maximum Gasteiger partial charge on any atom is 0.490 e. The SMILES string of the molecule is CC(C)n1nc(-c2noc(C(C)(C)OC(=O)C(F)(F)F)c2-c2ccccn2)c2c(N)ncc(Cl)c21. The first-order chi connectivity index (χ1) is 16.3. The molecule has 0 saturated heterocycles. The third-order valence-electron chi connectivity index (χ3n) is 5.16. The number of alkyl halides is 3. The Morgan fingerprint density at radius 1 is 1.20 bits per heavy atom. The van der Waals surface area contributed by atoms with Gasteiger partial charge in [0.15, 0.2) is 11.4 Å². The number of pyridine rings is 2. The zero-order chi connectivity index (χ0) is 25.7. The van der Waals surface area contributed by atoms with Crippen molar-refractivity contribution in [3.63, 3.8) is 0 Å². The zero-order valence-electron chi connectivity index (χ0n) is 19.0. The lowest BCUT2D eigenvalue weighted by Crippen LogP contribution is -2.34. The van der Waals surface area contributed by atoms with Crippen LogP contribution >= 0.6 is 11.6 Å². The highest BCUT2D eigenvalue weighted by Crippen LogP contribution is 2.44. The second-order valence-corrected chi connectivity index (χ2v) is 8.86. The summed E-state index contributed by atoms with van der Waals surface area (Å²) in [5.41, 5.74) is 5.65. The van der Waals surface area contributed by atoms with Gasteiger partial charge >= 0.3 is 12.1 Å². The number of carbonyl (C=O) groups excluding carboxylic acids is 1. The Kier molecular flexibility index (Phi) is 5.95. The van der Waals surface area contributed by atoms with Crippen molar-refractivity contribution in [1.82, 2.24) is 24.9 Å². The van der Waals surface area contributed by atoms with E-state index in [1.165, 1.54) is 26.2 Å². The number of rotatable bonds is 5. The van der Waals surface area contributed by atoms with Crippen LogP contribution in [0.4, 0.5) is 19.0 Å². The number of esters is 1. The fraction of sp³-hybridized carbons (Fsp3) is 0.318. The molecular formula is C22H20ClF3N6O3. The van der Waals surface area contributed by atoms with Crippen LogP contribution in [-0.4, -0.2) is 37.1 Å². The summed E-state index contributed by atoms with van der Waals surface area (Å²) in [4.78, 5) is 20.0. The van der Waals surface area contributed by atoms with Crippen molar-refractivity contribution in [3.05, 3.63) is 41.4 Å². The van der Waals surface area contributed by atoms with Gasteiger partial charge < -0.3 is 15.0 Å². The molecule has 0 saturated carbocycles. The van der Waals surface area contributed by atoms with Crippen molar-refractivity contribution < 1.29 is 27.2 Å². The molecule has 0 spiro atoms. The number of nitrogen functional groups attached to an aromatic ring is 1. The topological polar surface area (TPSA) is 122 Å². The van der Waals surface area contributed by atoms with Gasteiger partial charge in [-0.1, -0.05) is 22.8 Å². The summed E-state index contributed by atoms with van der Waals surface area (Å²) in [5, 5.41) is 9.42. The first-order valence-electron chi connectivity index (χ1n) is 10.4. The lowest BCUT2D eigenvalue weighted by atomic mass is 9.96. The molecular weight excluding hydrogens is 489 g/mol. The highest BCUT2D eigenvalue weighted by Gasteiger charge is 2.46. The molecule has 35 heavy (non-hydrogen) atoms. The maximum atomic E-state index is 12.9. The van der Waals surface area contributed by atoms with E-state index in [0.717, 1.165) is 0 Å². The largest absolute Gasteiger partial charge is 0.490 e. The Morgan fingerprint density at radius 3 is 2.51 bits per heavy atom. The van der Waals surface area contributed by atoms with Crippen LogP contribution in [0.15, 0.2) is 35.1 Å². The van der Waals surface area contributed by atoms with Gasteiger partial charge in [0.1, 0.15) is 17.2 Å². The van der Waals surface area contributed by atoms with Crippen molar-refractivity contribution >= 4 is 34.3 Å². The van der Waals surface area contributed by atoms with E-state index in [0.29, 0.717) is 21.6 Å². The summed E-state index contributed by atoms with van der Waals surface area (Å²) in [6.45, 7) is 6.28. The van der Waals surface area contributed by atoms with E-state index in [4.69, 9.17) is 26.6 Å². The average molecular weight is 509 g/mol. The Morgan fingerprint density at radius 2 is 1.91 bits per heavy atom. The number of nitrogens with zero attached hydrogens (tertiary/aromatic N) is 5. The molecule has 4 aromatic rings. The second kappa shape index (κ2) is 8.52. The molecule has 4 aromatic heterocycles. The average Bonchev–Trinajstić information content (AvgIpc) is 3.39. The van der Waals surface area contributed by atoms with Gasteiger partial charge in [-0.15, -0.1) is 0 Å². The third-order valence-corrected chi connectivity index (χ3v) is 5.44. The number of anilines is 1. The zero-order valence-corrected chi connectivity index (χ0v) is 19.8. The summed E-state index contributed by atoms with van der Waals surface area (Å²) >= 11 is 6.41. The van der Waals surface area contributed by atoms with Gasteiger partial charge in [0, 0.05) is 12.2 Å². The standard InChI is InChI=1S/C22H20ClF3N6O3/c1-10(2)32-17-11(23)9-29-19(27)14(17)15(30-32)16-13(12-7-5-6-8-28-12)18(35-31-16)21(3,4)34-20(33)22(24,25)26/h5-10H,1-4H3,(H2,27,29). The van der Waals surface area contributed by atoms with E-state index in [9.17, 15) is 18.0 Å². The molecule has 4 rings (SSSR count). The second-order valence-electron chi connectivity index (χ2n) is 8.45. The molecule has 0 aromatic carbocycles. The van der Waals surface area contributed by atoms with Crippen molar-refractivity contribution in [2.24, 2.45) is 0 Å². The monoisotopic (exact) mass is 508 g/mol. The van der Waals surface area contributed by atoms with Crippen molar-refractivity contribution in [2.75, 3.05) is 5.73 Å². The van der Waals surface area contributed by atoms with Gasteiger partial charge in [-0.25, -0.2) is 9.78 Å². The number of halogens is 4. The van der Waals surface area contributed by atoms with E-state index in [1.54, 1.807) is 22.9 Å². The molecule has 0 aliphatic heterocycles. The predicted octanol–water partition coefficient (Wildman–Crippen LogP) is 5.31. The Bertz CT molecular complexity index is 1410. The number of ether oxygens (including phenoxy) is 1. The molecule has 13 heteroatoms. The van der Waals surface area contributed by atoms with E-state index in [1.807, 2.05) is 13.8 Å². The van der Waals surface area contributed by atoms with E-state index < -0.39 is 17.7 Å². The molecule has 0 amide bonds. The predicted molar refractivity (Wildman–Crippen MR) is 121 cm³/mol. The summed E-state index contributed by atoms with van der Waals surface area (Å²) in [6.07, 6.45) is -2.31. The Balaban J connectivity index is 2.01. The number of fused-ring (bicyclic) bond motifs is 1. The first-order valence-corrected chi connectivity index (χ1v) is 10.7. The fourth-order valence-electron chi connectivity index (χ4n) is 3.64. The number of hydrogen-bond acceptors (Lipinski definition) is 8. The molecule has 0 fully saturated rings. The van der Waals surface area contributed by atoms with Crippen LogP contribution in [0.25, 0.3) is 33.5 Å². The van der Waals surface area contributed by atoms with Crippen LogP contribution in [-0.2, 0) is 15.1 Å². The molecule has 0 aliphatic carbocycles. The summed E-state index contributed by atoms with van der Waals surface area (Å²) in [7, 11) is 0. The summed E-state index contributed by atoms with van der Waals surface area (Å²) in [6, 6.07) is 4.81. The Hall–Kier alpha value is -3.67. The molecule has 0 unspecified atom stereocenters. The molecule has 2 N–H and O–H groups in total. The fourth-order valence-corrected chi connectivity index (χ4v) is 3.87. The van der Waals surface area contributed by atoms with E-state index in [2.05, 4.69) is 20.2 Å². The van der Waals surface area contributed by atoms with Crippen molar-refractivity contribution in [3.8, 4) is 22.6 Å². The lowest BCUT2D eigenvalue weighted by molar-refractivity contribution is -0.213. The molecule has 0 aliphatic rings. The van der Waals surface area contributed by atoms with E-state index in [-0.39, 0.29) is 34.6 Å². The molecule has 0 atom stereocenters. The summed E-state index contributed by atoms with van der Waals surface area (Å²) in [5.74, 6) is -2.42. The van der Waals surface area contributed by atoms with Gasteiger partial charge in [-0.05, 0) is 39.8 Å². The minimum Gasteiger partial charge on any atom is -0.445 e. The third kappa shape index (κ3) is 4.29. The van der Waals surface area contributed by atoms with Crippen LogP contribution in [0.5, 0.6) is 0 Å². The van der Waals surface area contributed by atoms with Crippen molar-refractivity contribution in [1.29, 1.82) is 0 Å². The van der Waals surface area contributed by atoms with Crippen LogP contribution in [0.2, 0.25) is 5.02 Å². The van der Waals surface area contributed by atoms with Crippen LogP contribution in [0.3, 0.4) is 0 Å². The maximum absolute atomic E-state index is 12.9. The molecule has 184 valence electrons. The summed E-state index contributed by atoms with van der Waals surface area (Å²) < 4.78 is 50.7. The molecule has 4 heterocycles.